The SMILES string of the molecule is CN=C(NCc1ccc(C(F)(F)F)cc1)NCc1ccc2c(c1)OCO2. The Balaban J connectivity index is 1.52. The molecule has 0 aliphatic carbocycles. The van der Waals surface area contributed by atoms with Gasteiger partial charge in [0.25, 0.3) is 0 Å². The highest BCUT2D eigenvalue weighted by atomic mass is 19.4. The molecule has 2 N–H and O–H groups in total. The lowest BCUT2D eigenvalue weighted by atomic mass is 10.1. The largest absolute Gasteiger partial charge is 0.454 e. The van der Waals surface area contributed by atoms with Gasteiger partial charge in [0.2, 0.25) is 6.79 Å². The zero-order valence-corrected chi connectivity index (χ0v) is 14.1. The molecule has 0 amide bonds. The van der Waals surface area contributed by atoms with Crippen molar-refractivity contribution in [2.45, 2.75) is 19.3 Å². The Morgan fingerprint density at radius 1 is 0.962 bits per heavy atom. The number of benzene rings is 2. The van der Waals surface area contributed by atoms with Gasteiger partial charge in [0.05, 0.1) is 5.56 Å². The minimum atomic E-state index is -4.33. The maximum atomic E-state index is 12.6. The molecule has 0 spiro atoms. The maximum absolute atomic E-state index is 12.6. The average Bonchev–Trinajstić information content (AvgIpc) is 3.09. The molecule has 138 valence electrons. The number of ether oxygens (including phenoxy) is 2. The first-order valence-electron chi connectivity index (χ1n) is 7.95. The summed E-state index contributed by atoms with van der Waals surface area (Å²) in [5, 5.41) is 6.21. The molecule has 0 saturated heterocycles. The molecule has 5 nitrogen and oxygen atoms in total. The molecule has 8 heteroatoms. The normalized spacial score (nSPS) is 13.6. The average molecular weight is 365 g/mol. The number of rotatable bonds is 4. The Hall–Kier alpha value is -2.90. The molecule has 0 atom stereocenters. The van der Waals surface area contributed by atoms with Gasteiger partial charge in [-0.2, -0.15) is 13.2 Å². The van der Waals surface area contributed by atoms with Crippen molar-refractivity contribution < 1.29 is 22.6 Å². The van der Waals surface area contributed by atoms with Crippen LogP contribution in [0.3, 0.4) is 0 Å². The van der Waals surface area contributed by atoms with Crippen LogP contribution < -0.4 is 20.1 Å². The van der Waals surface area contributed by atoms with Crippen LogP contribution in [0.25, 0.3) is 0 Å². The maximum Gasteiger partial charge on any atom is 0.416 e. The summed E-state index contributed by atoms with van der Waals surface area (Å²) < 4.78 is 48.3. The molecule has 0 unspecified atom stereocenters. The second kappa shape index (κ2) is 7.55. The van der Waals surface area contributed by atoms with E-state index in [1.807, 2.05) is 18.2 Å². The Morgan fingerprint density at radius 3 is 2.23 bits per heavy atom. The van der Waals surface area contributed by atoms with Gasteiger partial charge >= 0.3 is 6.18 Å². The van der Waals surface area contributed by atoms with E-state index in [1.54, 1.807) is 7.05 Å². The van der Waals surface area contributed by atoms with E-state index in [0.717, 1.165) is 29.0 Å². The van der Waals surface area contributed by atoms with Crippen molar-refractivity contribution in [3.63, 3.8) is 0 Å². The fourth-order valence-corrected chi connectivity index (χ4v) is 2.45. The molecule has 26 heavy (non-hydrogen) atoms. The molecule has 0 bridgehead atoms. The second-order valence-electron chi connectivity index (χ2n) is 5.66. The number of fused-ring (bicyclic) bond motifs is 1. The number of hydrogen-bond acceptors (Lipinski definition) is 3. The predicted molar refractivity (Wildman–Crippen MR) is 91.0 cm³/mol. The van der Waals surface area contributed by atoms with Crippen LogP contribution in [0.1, 0.15) is 16.7 Å². The summed E-state index contributed by atoms with van der Waals surface area (Å²) in [4.78, 5) is 4.11. The summed E-state index contributed by atoms with van der Waals surface area (Å²) in [6.45, 7) is 1.10. The Kier molecular flexibility index (Phi) is 5.20. The van der Waals surface area contributed by atoms with Gasteiger partial charge in [0.1, 0.15) is 0 Å². The highest BCUT2D eigenvalue weighted by Crippen LogP contribution is 2.32. The van der Waals surface area contributed by atoms with Gasteiger partial charge in [-0.05, 0) is 35.4 Å². The van der Waals surface area contributed by atoms with Crippen molar-refractivity contribution in [1.82, 2.24) is 10.6 Å². The zero-order chi connectivity index (χ0) is 18.6. The van der Waals surface area contributed by atoms with E-state index in [2.05, 4.69) is 15.6 Å². The van der Waals surface area contributed by atoms with Gasteiger partial charge in [0.15, 0.2) is 17.5 Å². The fourth-order valence-electron chi connectivity index (χ4n) is 2.45. The Bertz CT molecular complexity index is 789. The van der Waals surface area contributed by atoms with Crippen molar-refractivity contribution >= 4 is 5.96 Å². The van der Waals surface area contributed by atoms with E-state index in [-0.39, 0.29) is 6.79 Å². The van der Waals surface area contributed by atoms with Gasteiger partial charge in [0, 0.05) is 20.1 Å². The van der Waals surface area contributed by atoms with Crippen molar-refractivity contribution in [3.05, 3.63) is 59.2 Å². The molecule has 2 aromatic rings. The summed E-state index contributed by atoms with van der Waals surface area (Å²) in [7, 11) is 1.63. The minimum Gasteiger partial charge on any atom is -0.454 e. The molecule has 1 heterocycles. The number of alkyl halides is 3. The second-order valence-corrected chi connectivity index (χ2v) is 5.66. The monoisotopic (exact) mass is 365 g/mol. The van der Waals surface area contributed by atoms with Gasteiger partial charge in [-0.3, -0.25) is 4.99 Å². The number of nitrogens with zero attached hydrogens (tertiary/aromatic N) is 1. The van der Waals surface area contributed by atoms with Crippen LogP contribution in [-0.2, 0) is 19.3 Å². The number of hydrogen-bond donors (Lipinski definition) is 2. The molecule has 1 aliphatic heterocycles. The van der Waals surface area contributed by atoms with Crippen LogP contribution in [0.5, 0.6) is 11.5 Å². The standard InChI is InChI=1S/C18H18F3N3O2/c1-22-17(23-9-12-2-5-14(6-3-12)18(19,20)21)24-10-13-4-7-15-16(8-13)26-11-25-15/h2-8H,9-11H2,1H3,(H2,22,23,24). The summed E-state index contributed by atoms with van der Waals surface area (Å²) >= 11 is 0. The van der Waals surface area contributed by atoms with Crippen LogP contribution in [0.2, 0.25) is 0 Å². The Labute approximate surface area is 148 Å². The number of guanidine groups is 1. The lowest BCUT2D eigenvalue weighted by Gasteiger charge is -2.13. The first kappa shape index (κ1) is 17.9. The molecular formula is C18H18F3N3O2. The first-order chi connectivity index (χ1) is 12.5. The molecule has 0 saturated carbocycles. The molecule has 0 fully saturated rings. The molecule has 2 aromatic carbocycles. The summed E-state index contributed by atoms with van der Waals surface area (Å²) in [6, 6.07) is 10.7. The molecular weight excluding hydrogens is 347 g/mol. The molecule has 3 rings (SSSR count). The van der Waals surface area contributed by atoms with Gasteiger partial charge in [-0.25, -0.2) is 0 Å². The van der Waals surface area contributed by atoms with Crippen LogP contribution in [0.15, 0.2) is 47.5 Å². The number of halogens is 3. The Morgan fingerprint density at radius 2 is 1.58 bits per heavy atom. The van der Waals surface area contributed by atoms with Crippen LogP contribution in [-0.4, -0.2) is 19.8 Å². The van der Waals surface area contributed by atoms with Crippen molar-refractivity contribution in [1.29, 1.82) is 0 Å². The third-order valence-electron chi connectivity index (χ3n) is 3.86. The third-order valence-corrected chi connectivity index (χ3v) is 3.86. The van der Waals surface area contributed by atoms with E-state index in [4.69, 9.17) is 9.47 Å². The summed E-state index contributed by atoms with van der Waals surface area (Å²) in [5.74, 6) is 1.97. The lowest BCUT2D eigenvalue weighted by Crippen LogP contribution is -2.36. The van der Waals surface area contributed by atoms with E-state index in [1.165, 1.54) is 12.1 Å². The van der Waals surface area contributed by atoms with Crippen molar-refractivity contribution in [2.24, 2.45) is 4.99 Å². The van der Waals surface area contributed by atoms with Gasteiger partial charge < -0.3 is 20.1 Å². The predicted octanol–water partition coefficient (Wildman–Crippen LogP) is 3.30. The van der Waals surface area contributed by atoms with Crippen LogP contribution in [0.4, 0.5) is 13.2 Å². The van der Waals surface area contributed by atoms with Crippen molar-refractivity contribution in [2.75, 3.05) is 13.8 Å². The van der Waals surface area contributed by atoms with E-state index >= 15 is 0 Å². The number of nitrogens with one attached hydrogen (secondary N) is 2. The third kappa shape index (κ3) is 4.38. The van der Waals surface area contributed by atoms with Crippen molar-refractivity contribution in [3.8, 4) is 11.5 Å². The number of aliphatic imine (C=N–C) groups is 1. The fraction of sp³-hybridized carbons (Fsp3) is 0.278. The minimum absolute atomic E-state index is 0.225. The first-order valence-corrected chi connectivity index (χ1v) is 7.95. The molecule has 0 radical (unpaired) electrons. The van der Waals surface area contributed by atoms with Crippen LogP contribution in [0, 0.1) is 0 Å². The molecule has 1 aliphatic rings. The van der Waals surface area contributed by atoms with E-state index in [9.17, 15) is 13.2 Å². The quantitative estimate of drug-likeness (QED) is 0.645. The summed E-state index contributed by atoms with van der Waals surface area (Å²) in [5.41, 5.74) is 1.06. The van der Waals surface area contributed by atoms with E-state index < -0.39 is 11.7 Å². The lowest BCUT2D eigenvalue weighted by molar-refractivity contribution is -0.137. The zero-order valence-electron chi connectivity index (χ0n) is 14.1. The highest BCUT2D eigenvalue weighted by Gasteiger charge is 2.29. The topological polar surface area (TPSA) is 54.9 Å². The van der Waals surface area contributed by atoms with E-state index in [0.29, 0.717) is 24.8 Å². The highest BCUT2D eigenvalue weighted by molar-refractivity contribution is 5.79. The molecule has 0 aromatic heterocycles. The smallest absolute Gasteiger partial charge is 0.416 e. The summed E-state index contributed by atoms with van der Waals surface area (Å²) in [6.07, 6.45) is -4.33. The van der Waals surface area contributed by atoms with Gasteiger partial charge in [-0.1, -0.05) is 18.2 Å². The van der Waals surface area contributed by atoms with Crippen LogP contribution >= 0.6 is 0 Å². The van der Waals surface area contributed by atoms with Gasteiger partial charge in [-0.15, -0.1) is 0 Å².